The number of carbonyl (C=O) groups excluding carboxylic acids is 2. The van der Waals surface area contributed by atoms with Crippen molar-refractivity contribution in [3.05, 3.63) is 62.7 Å². The highest BCUT2D eigenvalue weighted by Crippen LogP contribution is 2.21. The molecule has 0 heterocycles. The Morgan fingerprint density at radius 2 is 1.76 bits per heavy atom. The lowest BCUT2D eigenvalue weighted by molar-refractivity contribution is -0.139. The molecule has 0 aliphatic carbocycles. The maximum atomic E-state index is 13.4. The number of sulfonamides is 1. The molecule has 0 radical (unpaired) electrons. The van der Waals surface area contributed by atoms with Crippen molar-refractivity contribution in [2.45, 2.75) is 45.8 Å². The second-order valence-corrected chi connectivity index (χ2v) is 11.5. The van der Waals surface area contributed by atoms with E-state index < -0.39 is 28.5 Å². The molecule has 2 aromatic rings. The lowest BCUT2D eigenvalue weighted by Crippen LogP contribution is -2.52. The van der Waals surface area contributed by atoms with E-state index in [1.807, 2.05) is 13.8 Å². The van der Waals surface area contributed by atoms with Crippen molar-refractivity contribution in [3.8, 4) is 0 Å². The van der Waals surface area contributed by atoms with Crippen molar-refractivity contribution in [2.24, 2.45) is 0 Å². The van der Waals surface area contributed by atoms with Gasteiger partial charge in [-0.2, -0.15) is 0 Å². The minimum Gasteiger partial charge on any atom is -0.352 e. The van der Waals surface area contributed by atoms with Gasteiger partial charge in [-0.25, -0.2) is 8.42 Å². The fraction of sp³-hybridized carbons (Fsp3) is 0.391. The Bertz CT molecular complexity index is 1080. The van der Waals surface area contributed by atoms with Gasteiger partial charge in [0.2, 0.25) is 21.8 Å². The van der Waals surface area contributed by atoms with E-state index in [2.05, 4.69) is 27.9 Å². The van der Waals surface area contributed by atoms with Crippen LogP contribution in [0.4, 0.5) is 5.69 Å². The van der Waals surface area contributed by atoms with Crippen LogP contribution in [-0.2, 0) is 26.2 Å². The third-order valence-electron chi connectivity index (χ3n) is 5.20. The first-order chi connectivity index (χ1) is 15.4. The summed E-state index contributed by atoms with van der Waals surface area (Å²) in [4.78, 5) is 27.7. The van der Waals surface area contributed by atoms with Gasteiger partial charge in [0, 0.05) is 21.2 Å². The molecule has 10 heteroatoms. The molecule has 2 aromatic carbocycles. The Morgan fingerprint density at radius 1 is 1.12 bits per heavy atom. The number of hydrogen-bond donors (Lipinski definition) is 1. The lowest BCUT2D eigenvalue weighted by Gasteiger charge is -2.32. The number of halogens is 2. The summed E-state index contributed by atoms with van der Waals surface area (Å²) in [5, 5.41) is 3.40. The summed E-state index contributed by atoms with van der Waals surface area (Å²) in [6.45, 7) is 5.15. The van der Waals surface area contributed by atoms with Crippen LogP contribution in [0, 0.1) is 3.57 Å². The first-order valence-corrected chi connectivity index (χ1v) is 13.8. The van der Waals surface area contributed by atoms with E-state index in [4.69, 9.17) is 11.6 Å². The molecular formula is C23H29ClIN3O4S. The number of anilines is 1. The molecule has 0 aromatic heterocycles. The van der Waals surface area contributed by atoms with Gasteiger partial charge in [-0.15, -0.1) is 0 Å². The summed E-state index contributed by atoms with van der Waals surface area (Å²) in [6, 6.07) is 13.0. The Labute approximate surface area is 214 Å². The number of amides is 2. The van der Waals surface area contributed by atoms with Crippen LogP contribution < -0.4 is 9.62 Å². The number of benzene rings is 2. The quantitative estimate of drug-likeness (QED) is 0.414. The van der Waals surface area contributed by atoms with Crippen molar-refractivity contribution in [3.63, 3.8) is 0 Å². The number of carbonyl (C=O) groups is 2. The average molecular weight is 606 g/mol. The van der Waals surface area contributed by atoms with E-state index in [0.29, 0.717) is 10.7 Å². The monoisotopic (exact) mass is 605 g/mol. The minimum atomic E-state index is -3.75. The van der Waals surface area contributed by atoms with Crippen LogP contribution in [0.25, 0.3) is 0 Å². The van der Waals surface area contributed by atoms with Crippen LogP contribution in [0.2, 0.25) is 5.02 Å². The van der Waals surface area contributed by atoms with Crippen molar-refractivity contribution >= 4 is 61.7 Å². The smallest absolute Gasteiger partial charge is 0.244 e. The topological polar surface area (TPSA) is 86.8 Å². The second-order valence-electron chi connectivity index (χ2n) is 7.89. The Morgan fingerprint density at radius 3 is 2.30 bits per heavy atom. The summed E-state index contributed by atoms with van der Waals surface area (Å²) in [6.07, 6.45) is 1.80. The highest BCUT2D eigenvalue weighted by atomic mass is 127. The fourth-order valence-corrected chi connectivity index (χ4v) is 4.52. The van der Waals surface area contributed by atoms with E-state index >= 15 is 0 Å². The van der Waals surface area contributed by atoms with Crippen LogP contribution >= 0.6 is 34.2 Å². The van der Waals surface area contributed by atoms with Gasteiger partial charge in [0.25, 0.3) is 0 Å². The zero-order valence-electron chi connectivity index (χ0n) is 19.1. The van der Waals surface area contributed by atoms with Gasteiger partial charge in [-0.3, -0.25) is 13.9 Å². The van der Waals surface area contributed by atoms with E-state index in [1.165, 1.54) is 4.90 Å². The summed E-state index contributed by atoms with van der Waals surface area (Å²) in [5.41, 5.74) is 1.12. The predicted molar refractivity (Wildman–Crippen MR) is 141 cm³/mol. The number of rotatable bonds is 10. The van der Waals surface area contributed by atoms with Crippen molar-refractivity contribution in [1.82, 2.24) is 10.2 Å². The van der Waals surface area contributed by atoms with Gasteiger partial charge in [-0.1, -0.05) is 30.7 Å². The first kappa shape index (κ1) is 27.4. The molecule has 2 amide bonds. The summed E-state index contributed by atoms with van der Waals surface area (Å²) in [7, 11) is -3.75. The lowest BCUT2D eigenvalue weighted by atomic mass is 10.1. The highest BCUT2D eigenvalue weighted by molar-refractivity contribution is 14.1. The van der Waals surface area contributed by atoms with Gasteiger partial charge < -0.3 is 10.2 Å². The zero-order valence-corrected chi connectivity index (χ0v) is 22.8. The molecule has 33 heavy (non-hydrogen) atoms. The molecule has 0 fully saturated rings. The van der Waals surface area contributed by atoms with Crippen molar-refractivity contribution in [1.29, 1.82) is 0 Å². The predicted octanol–water partition coefficient (Wildman–Crippen LogP) is 4.04. The largest absolute Gasteiger partial charge is 0.352 e. The van der Waals surface area contributed by atoms with Crippen molar-refractivity contribution < 1.29 is 18.0 Å². The standard InChI is InChI=1S/C23H29ClIN3O4S/c1-5-16(2)26-23(30)17(3)27(14-18-7-6-8-19(24)13-18)22(29)15-28(33(4,31)32)21-11-9-20(25)10-12-21/h6-13,16-17H,5,14-15H2,1-4H3,(H,26,30)/t16-,17+/m1/s1. The van der Waals surface area contributed by atoms with Gasteiger partial charge in [0.15, 0.2) is 0 Å². The number of nitrogens with zero attached hydrogens (tertiary/aromatic N) is 2. The van der Waals surface area contributed by atoms with E-state index in [-0.39, 0.29) is 18.5 Å². The van der Waals surface area contributed by atoms with Crippen LogP contribution in [0.1, 0.15) is 32.8 Å². The molecule has 1 N–H and O–H groups in total. The summed E-state index contributed by atoms with van der Waals surface area (Å²) < 4.78 is 27.0. The number of nitrogens with one attached hydrogen (secondary N) is 1. The normalized spacial score (nSPS) is 13.2. The summed E-state index contributed by atoms with van der Waals surface area (Å²) >= 11 is 8.23. The van der Waals surface area contributed by atoms with Crippen LogP contribution in [0.5, 0.6) is 0 Å². The molecule has 0 saturated heterocycles. The molecule has 0 spiro atoms. The molecule has 7 nitrogen and oxygen atoms in total. The Kier molecular flexibility index (Phi) is 9.99. The molecular weight excluding hydrogens is 577 g/mol. The van der Waals surface area contributed by atoms with Gasteiger partial charge in [0.1, 0.15) is 12.6 Å². The van der Waals surface area contributed by atoms with Gasteiger partial charge in [-0.05, 0) is 84.8 Å². The molecule has 0 unspecified atom stereocenters. The maximum Gasteiger partial charge on any atom is 0.244 e. The van der Waals surface area contributed by atoms with Crippen LogP contribution in [0.3, 0.4) is 0 Å². The third-order valence-corrected chi connectivity index (χ3v) is 7.30. The Balaban J connectivity index is 2.37. The van der Waals surface area contributed by atoms with E-state index in [9.17, 15) is 18.0 Å². The minimum absolute atomic E-state index is 0.0534. The molecule has 0 bridgehead atoms. The molecule has 0 aliphatic heterocycles. The molecule has 2 rings (SSSR count). The SMILES string of the molecule is CC[C@@H](C)NC(=O)[C@H](C)N(Cc1cccc(Cl)c1)C(=O)CN(c1ccc(I)cc1)S(C)(=O)=O. The molecule has 0 aliphatic rings. The molecule has 2 atom stereocenters. The average Bonchev–Trinajstić information content (AvgIpc) is 2.75. The van der Waals surface area contributed by atoms with E-state index in [1.54, 1.807) is 55.5 Å². The van der Waals surface area contributed by atoms with Crippen LogP contribution in [0.15, 0.2) is 48.5 Å². The second kappa shape index (κ2) is 12.0. The number of hydrogen-bond acceptors (Lipinski definition) is 4. The fourth-order valence-electron chi connectivity index (χ4n) is 3.10. The first-order valence-electron chi connectivity index (χ1n) is 10.5. The molecule has 0 saturated carbocycles. The van der Waals surface area contributed by atoms with E-state index in [0.717, 1.165) is 26.1 Å². The summed E-state index contributed by atoms with van der Waals surface area (Å²) in [5.74, 6) is -0.800. The van der Waals surface area contributed by atoms with Crippen molar-refractivity contribution in [2.75, 3.05) is 17.1 Å². The third kappa shape index (κ3) is 8.15. The zero-order chi connectivity index (χ0) is 24.8. The molecule has 180 valence electrons. The van der Waals surface area contributed by atoms with Gasteiger partial charge >= 0.3 is 0 Å². The van der Waals surface area contributed by atoms with Gasteiger partial charge in [0.05, 0.1) is 11.9 Å². The maximum absolute atomic E-state index is 13.4. The Hall–Kier alpha value is -1.85. The van der Waals surface area contributed by atoms with Crippen LogP contribution in [-0.4, -0.2) is 50.0 Å². The highest BCUT2D eigenvalue weighted by Gasteiger charge is 2.30.